The van der Waals surface area contributed by atoms with Gasteiger partial charge in [0.2, 0.25) is 11.8 Å². The smallest absolute Gasteiger partial charge is 0.253 e. The molecule has 0 saturated heterocycles. The van der Waals surface area contributed by atoms with Gasteiger partial charge in [0.15, 0.2) is 0 Å². The fourth-order valence-electron chi connectivity index (χ4n) is 1.90. The Hall–Kier alpha value is -2.41. The molecule has 120 valence electrons. The summed E-state index contributed by atoms with van der Waals surface area (Å²) >= 11 is 0. The maximum Gasteiger partial charge on any atom is 0.253 e. The highest BCUT2D eigenvalue weighted by molar-refractivity contribution is 5.99. The SMILES string of the molecule is CNCCN(C)C(=O)c1cc(NC(C)=O)cc(NC(C)=O)c1. The molecule has 0 saturated carbocycles. The van der Waals surface area contributed by atoms with Crippen LogP contribution in [-0.4, -0.2) is 49.8 Å². The van der Waals surface area contributed by atoms with E-state index in [1.807, 2.05) is 7.05 Å². The predicted molar refractivity (Wildman–Crippen MR) is 85.9 cm³/mol. The van der Waals surface area contributed by atoms with Gasteiger partial charge in [-0.3, -0.25) is 14.4 Å². The lowest BCUT2D eigenvalue weighted by Crippen LogP contribution is -2.32. The first kappa shape index (κ1) is 17.6. The van der Waals surface area contributed by atoms with Crippen molar-refractivity contribution in [2.75, 3.05) is 37.8 Å². The number of rotatable bonds is 6. The zero-order chi connectivity index (χ0) is 16.7. The zero-order valence-electron chi connectivity index (χ0n) is 13.3. The lowest BCUT2D eigenvalue weighted by molar-refractivity contribution is -0.115. The summed E-state index contributed by atoms with van der Waals surface area (Å²) in [5.74, 6) is -0.683. The number of anilines is 2. The summed E-state index contributed by atoms with van der Waals surface area (Å²) in [6, 6.07) is 4.78. The summed E-state index contributed by atoms with van der Waals surface area (Å²) in [5.41, 5.74) is 1.32. The second-order valence-electron chi connectivity index (χ2n) is 4.99. The number of hydrogen-bond acceptors (Lipinski definition) is 4. The van der Waals surface area contributed by atoms with Crippen molar-refractivity contribution in [3.05, 3.63) is 23.8 Å². The highest BCUT2D eigenvalue weighted by atomic mass is 16.2. The summed E-state index contributed by atoms with van der Waals surface area (Å²) in [6.45, 7) is 3.98. The maximum atomic E-state index is 12.4. The molecule has 0 heterocycles. The molecule has 3 amide bonds. The molecule has 7 nitrogen and oxygen atoms in total. The minimum atomic E-state index is -0.248. The monoisotopic (exact) mass is 306 g/mol. The molecule has 0 unspecified atom stereocenters. The number of hydrogen-bond donors (Lipinski definition) is 3. The Morgan fingerprint density at radius 2 is 1.50 bits per heavy atom. The number of amides is 3. The first-order chi connectivity index (χ1) is 10.3. The summed E-state index contributed by atoms with van der Waals surface area (Å²) < 4.78 is 0. The van der Waals surface area contributed by atoms with Gasteiger partial charge in [0.1, 0.15) is 0 Å². The molecule has 0 aliphatic carbocycles. The number of carbonyl (C=O) groups excluding carboxylic acids is 3. The van der Waals surface area contributed by atoms with E-state index in [9.17, 15) is 14.4 Å². The Morgan fingerprint density at radius 1 is 1.00 bits per heavy atom. The molecule has 3 N–H and O–H groups in total. The van der Waals surface area contributed by atoms with Crippen molar-refractivity contribution in [2.45, 2.75) is 13.8 Å². The van der Waals surface area contributed by atoms with Gasteiger partial charge >= 0.3 is 0 Å². The third kappa shape index (κ3) is 5.53. The van der Waals surface area contributed by atoms with Crippen molar-refractivity contribution in [1.82, 2.24) is 10.2 Å². The van der Waals surface area contributed by atoms with Gasteiger partial charge in [0.25, 0.3) is 5.91 Å². The zero-order valence-corrected chi connectivity index (χ0v) is 13.3. The Kier molecular flexibility index (Phi) is 6.52. The third-order valence-electron chi connectivity index (χ3n) is 2.86. The molecule has 0 fully saturated rings. The molecule has 7 heteroatoms. The Balaban J connectivity index is 3.07. The van der Waals surface area contributed by atoms with Crippen molar-refractivity contribution in [3.8, 4) is 0 Å². The predicted octanol–water partition coefficient (Wildman–Crippen LogP) is 0.895. The molecule has 0 spiro atoms. The molecule has 0 radical (unpaired) electrons. The Morgan fingerprint density at radius 3 is 1.91 bits per heavy atom. The van der Waals surface area contributed by atoms with Gasteiger partial charge < -0.3 is 20.9 Å². The van der Waals surface area contributed by atoms with Gasteiger partial charge in [0.05, 0.1) is 0 Å². The number of nitrogens with one attached hydrogen (secondary N) is 3. The van der Waals surface area contributed by atoms with Gasteiger partial charge in [0, 0.05) is 50.9 Å². The number of nitrogens with zero attached hydrogens (tertiary/aromatic N) is 1. The standard InChI is InChI=1S/C15H22N4O3/c1-10(20)17-13-7-12(8-14(9-13)18-11(2)21)15(22)19(4)6-5-16-3/h7-9,16H,5-6H2,1-4H3,(H,17,20)(H,18,21). The summed E-state index contributed by atoms with van der Waals surface area (Å²) in [7, 11) is 3.51. The van der Waals surface area contributed by atoms with Crippen LogP contribution in [0.2, 0.25) is 0 Å². The number of benzene rings is 1. The molecule has 0 aromatic heterocycles. The van der Waals surface area contributed by atoms with Crippen LogP contribution in [0, 0.1) is 0 Å². The summed E-state index contributed by atoms with van der Waals surface area (Å²) in [6.07, 6.45) is 0. The van der Waals surface area contributed by atoms with E-state index in [2.05, 4.69) is 16.0 Å². The third-order valence-corrected chi connectivity index (χ3v) is 2.86. The second-order valence-corrected chi connectivity index (χ2v) is 4.99. The van der Waals surface area contributed by atoms with Crippen LogP contribution in [0.1, 0.15) is 24.2 Å². The maximum absolute atomic E-state index is 12.4. The minimum absolute atomic E-state index is 0.186. The van der Waals surface area contributed by atoms with Crippen molar-refractivity contribution in [3.63, 3.8) is 0 Å². The Labute approximate surface area is 130 Å². The average molecular weight is 306 g/mol. The van der Waals surface area contributed by atoms with Gasteiger partial charge in [-0.05, 0) is 25.2 Å². The molecule has 0 bridgehead atoms. The van der Waals surface area contributed by atoms with Crippen molar-refractivity contribution in [1.29, 1.82) is 0 Å². The van der Waals surface area contributed by atoms with Crippen LogP contribution in [0.3, 0.4) is 0 Å². The second kappa shape index (κ2) is 8.14. The van der Waals surface area contributed by atoms with Crippen LogP contribution in [0.5, 0.6) is 0 Å². The average Bonchev–Trinajstić information content (AvgIpc) is 2.42. The first-order valence-corrected chi connectivity index (χ1v) is 6.94. The largest absolute Gasteiger partial charge is 0.340 e. The van der Waals surface area contributed by atoms with Gasteiger partial charge in [-0.1, -0.05) is 0 Å². The van der Waals surface area contributed by atoms with E-state index in [1.54, 1.807) is 30.1 Å². The van der Waals surface area contributed by atoms with E-state index in [4.69, 9.17) is 0 Å². The van der Waals surface area contributed by atoms with E-state index < -0.39 is 0 Å². The first-order valence-electron chi connectivity index (χ1n) is 6.94. The van der Waals surface area contributed by atoms with E-state index in [-0.39, 0.29) is 17.7 Å². The molecule has 1 rings (SSSR count). The van der Waals surface area contributed by atoms with Crippen LogP contribution in [0.4, 0.5) is 11.4 Å². The number of likely N-dealkylation sites (N-methyl/N-ethyl adjacent to an activating group) is 2. The van der Waals surface area contributed by atoms with E-state index in [0.29, 0.717) is 30.0 Å². The topological polar surface area (TPSA) is 90.5 Å². The van der Waals surface area contributed by atoms with Crippen LogP contribution in [0.15, 0.2) is 18.2 Å². The highest BCUT2D eigenvalue weighted by Gasteiger charge is 2.14. The van der Waals surface area contributed by atoms with E-state index >= 15 is 0 Å². The Bertz CT molecular complexity index is 538. The highest BCUT2D eigenvalue weighted by Crippen LogP contribution is 2.20. The van der Waals surface area contributed by atoms with Crippen LogP contribution in [-0.2, 0) is 9.59 Å². The lowest BCUT2D eigenvalue weighted by atomic mass is 10.1. The quantitative estimate of drug-likeness (QED) is 0.728. The van der Waals surface area contributed by atoms with Crippen LogP contribution >= 0.6 is 0 Å². The molecule has 0 aliphatic rings. The van der Waals surface area contributed by atoms with Gasteiger partial charge in [-0.25, -0.2) is 0 Å². The summed E-state index contributed by atoms with van der Waals surface area (Å²) in [5, 5.41) is 8.22. The van der Waals surface area contributed by atoms with Crippen molar-refractivity contribution >= 4 is 29.1 Å². The molecular weight excluding hydrogens is 284 g/mol. The molecule has 1 aromatic rings. The van der Waals surface area contributed by atoms with Gasteiger partial charge in [-0.15, -0.1) is 0 Å². The molecule has 22 heavy (non-hydrogen) atoms. The normalized spacial score (nSPS) is 10.0. The number of carbonyl (C=O) groups is 3. The van der Waals surface area contributed by atoms with Crippen molar-refractivity contribution < 1.29 is 14.4 Å². The minimum Gasteiger partial charge on any atom is -0.340 e. The van der Waals surface area contributed by atoms with Crippen LogP contribution < -0.4 is 16.0 Å². The van der Waals surface area contributed by atoms with E-state index in [0.717, 1.165) is 0 Å². The lowest BCUT2D eigenvalue weighted by Gasteiger charge is -2.18. The van der Waals surface area contributed by atoms with Crippen molar-refractivity contribution in [2.24, 2.45) is 0 Å². The fourth-order valence-corrected chi connectivity index (χ4v) is 1.90. The van der Waals surface area contributed by atoms with E-state index in [1.165, 1.54) is 13.8 Å². The van der Waals surface area contributed by atoms with Gasteiger partial charge in [-0.2, -0.15) is 0 Å². The molecular formula is C15H22N4O3. The molecule has 1 aromatic carbocycles. The summed E-state index contributed by atoms with van der Waals surface area (Å²) in [4.78, 5) is 36.4. The molecule has 0 atom stereocenters. The fraction of sp³-hybridized carbons (Fsp3) is 0.400. The van der Waals surface area contributed by atoms with Crippen LogP contribution in [0.25, 0.3) is 0 Å². The molecule has 0 aliphatic heterocycles.